The number of hydrogen-bond donors (Lipinski definition) is 1. The van der Waals surface area contributed by atoms with E-state index in [0.29, 0.717) is 10.6 Å². The Morgan fingerprint density at radius 1 is 1.08 bits per heavy atom. The van der Waals surface area contributed by atoms with Gasteiger partial charge in [-0.2, -0.15) is 0 Å². The first-order valence-electron chi connectivity index (χ1n) is 8.48. The van der Waals surface area contributed by atoms with E-state index in [1.54, 1.807) is 0 Å². The smallest absolute Gasteiger partial charge is 0.348 e. The average Bonchev–Trinajstić information content (AvgIpc) is 2.89. The molecule has 6 nitrogen and oxygen atoms in total. The molecular formula is C18H21NO5S2. The van der Waals surface area contributed by atoms with Gasteiger partial charge in [-0.15, -0.1) is 11.3 Å². The van der Waals surface area contributed by atoms with E-state index in [1.807, 2.05) is 6.07 Å². The molecule has 0 unspecified atom stereocenters. The van der Waals surface area contributed by atoms with Crippen LogP contribution in [0.4, 0.5) is 0 Å². The second-order valence-corrected chi connectivity index (χ2v) is 8.82. The fourth-order valence-corrected chi connectivity index (χ4v) is 4.52. The van der Waals surface area contributed by atoms with Gasteiger partial charge in [0, 0.05) is 4.88 Å². The summed E-state index contributed by atoms with van der Waals surface area (Å²) < 4.78 is 33.1. The highest BCUT2D eigenvalue weighted by Gasteiger charge is 2.17. The molecule has 1 aromatic carbocycles. The van der Waals surface area contributed by atoms with Gasteiger partial charge in [0.15, 0.2) is 0 Å². The van der Waals surface area contributed by atoms with Crippen LogP contribution in [0.25, 0.3) is 0 Å². The van der Waals surface area contributed by atoms with Crippen LogP contribution in [0.3, 0.4) is 0 Å². The highest BCUT2D eigenvalue weighted by molar-refractivity contribution is 7.89. The third kappa shape index (κ3) is 4.84. The highest BCUT2D eigenvalue weighted by atomic mass is 32.2. The zero-order valence-electron chi connectivity index (χ0n) is 14.3. The summed E-state index contributed by atoms with van der Waals surface area (Å²) in [5, 5.41) is 5.04. The van der Waals surface area contributed by atoms with Crippen molar-refractivity contribution in [2.45, 2.75) is 37.0 Å². The van der Waals surface area contributed by atoms with Crippen molar-refractivity contribution in [1.29, 1.82) is 0 Å². The molecule has 8 heteroatoms. The number of nitrogens with two attached hydrogens (primary N) is 1. The monoisotopic (exact) mass is 395 g/mol. The van der Waals surface area contributed by atoms with Gasteiger partial charge in [0.1, 0.15) is 23.8 Å². The van der Waals surface area contributed by atoms with Crippen LogP contribution in [-0.4, -0.2) is 27.6 Å². The number of aryl methyl sites for hydroxylation is 2. The maximum Gasteiger partial charge on any atom is 0.348 e. The molecular weight excluding hydrogens is 374 g/mol. The van der Waals surface area contributed by atoms with E-state index in [9.17, 15) is 13.2 Å². The molecule has 0 radical (unpaired) electrons. The number of ether oxygens (including phenoxy) is 2. The minimum Gasteiger partial charge on any atom is -0.490 e. The molecule has 0 saturated carbocycles. The SMILES string of the molecule is NS(=O)(=O)c1ccc(OCCOC(=O)c2cc3c(s2)CCCCC3)cc1. The van der Waals surface area contributed by atoms with Gasteiger partial charge in [0.25, 0.3) is 0 Å². The second kappa shape index (κ2) is 8.20. The van der Waals surface area contributed by atoms with Gasteiger partial charge in [-0.1, -0.05) is 6.42 Å². The topological polar surface area (TPSA) is 95.7 Å². The molecule has 0 spiro atoms. The Bertz CT molecular complexity index is 848. The van der Waals surface area contributed by atoms with Gasteiger partial charge in [-0.05, 0) is 61.6 Å². The maximum absolute atomic E-state index is 12.2. The molecule has 2 aromatic rings. The van der Waals surface area contributed by atoms with Crippen molar-refractivity contribution in [3.05, 3.63) is 45.6 Å². The molecule has 1 aliphatic carbocycles. The van der Waals surface area contributed by atoms with Crippen LogP contribution in [0.2, 0.25) is 0 Å². The number of primary sulfonamides is 1. The number of benzene rings is 1. The molecule has 1 aromatic heterocycles. The number of rotatable bonds is 6. The Kier molecular flexibility index (Phi) is 5.95. The van der Waals surface area contributed by atoms with Crippen molar-refractivity contribution in [3.63, 3.8) is 0 Å². The van der Waals surface area contributed by atoms with E-state index < -0.39 is 10.0 Å². The lowest BCUT2D eigenvalue weighted by Crippen LogP contribution is -2.13. The lowest BCUT2D eigenvalue weighted by molar-refractivity contribution is 0.0456. The molecule has 0 fully saturated rings. The quantitative estimate of drug-likeness (QED) is 0.461. The first-order valence-corrected chi connectivity index (χ1v) is 10.8. The van der Waals surface area contributed by atoms with Crippen LogP contribution in [0.1, 0.15) is 39.4 Å². The molecule has 1 heterocycles. The number of thiophene rings is 1. The van der Waals surface area contributed by atoms with Crippen LogP contribution in [-0.2, 0) is 27.6 Å². The minimum absolute atomic E-state index is 0.0220. The Hall–Kier alpha value is -1.90. The molecule has 0 bridgehead atoms. The van der Waals surface area contributed by atoms with Gasteiger partial charge in [0.05, 0.1) is 4.90 Å². The third-order valence-corrected chi connectivity index (χ3v) is 6.33. The summed E-state index contributed by atoms with van der Waals surface area (Å²) in [6.07, 6.45) is 5.69. The van der Waals surface area contributed by atoms with Crippen molar-refractivity contribution in [1.82, 2.24) is 0 Å². The van der Waals surface area contributed by atoms with E-state index in [-0.39, 0.29) is 24.1 Å². The van der Waals surface area contributed by atoms with E-state index >= 15 is 0 Å². The van der Waals surface area contributed by atoms with Crippen LogP contribution in [0.15, 0.2) is 35.2 Å². The molecule has 0 atom stereocenters. The number of esters is 1. The highest BCUT2D eigenvalue weighted by Crippen LogP contribution is 2.29. The second-order valence-electron chi connectivity index (χ2n) is 6.12. The Morgan fingerprint density at radius 2 is 1.81 bits per heavy atom. The molecule has 1 aliphatic rings. The molecule has 0 saturated heterocycles. The normalized spacial score (nSPS) is 14.3. The molecule has 3 rings (SSSR count). The van der Waals surface area contributed by atoms with Gasteiger partial charge < -0.3 is 9.47 Å². The summed E-state index contributed by atoms with van der Waals surface area (Å²) in [5.74, 6) is 0.160. The van der Waals surface area contributed by atoms with Gasteiger partial charge >= 0.3 is 5.97 Å². The van der Waals surface area contributed by atoms with E-state index in [1.165, 1.54) is 65.3 Å². The van der Waals surface area contributed by atoms with Gasteiger partial charge in [-0.3, -0.25) is 0 Å². The van der Waals surface area contributed by atoms with Crippen molar-refractivity contribution in [2.24, 2.45) is 5.14 Å². The number of carbonyl (C=O) groups is 1. The van der Waals surface area contributed by atoms with E-state index in [2.05, 4.69) is 0 Å². The Morgan fingerprint density at radius 3 is 2.54 bits per heavy atom. The summed E-state index contributed by atoms with van der Waals surface area (Å²) in [6.45, 7) is 0.309. The molecule has 140 valence electrons. The fourth-order valence-electron chi connectivity index (χ4n) is 2.86. The van der Waals surface area contributed by atoms with Crippen molar-refractivity contribution in [2.75, 3.05) is 13.2 Å². The first-order chi connectivity index (χ1) is 12.4. The third-order valence-electron chi connectivity index (χ3n) is 4.19. The minimum atomic E-state index is -3.71. The van der Waals surface area contributed by atoms with Crippen LogP contribution in [0, 0.1) is 0 Å². The summed E-state index contributed by atoms with van der Waals surface area (Å²) in [6, 6.07) is 7.72. The fraction of sp³-hybridized carbons (Fsp3) is 0.389. The summed E-state index contributed by atoms with van der Waals surface area (Å²) in [5.41, 5.74) is 1.28. The largest absolute Gasteiger partial charge is 0.490 e. The zero-order valence-corrected chi connectivity index (χ0v) is 15.9. The van der Waals surface area contributed by atoms with E-state index in [0.717, 1.165) is 12.8 Å². The standard InChI is InChI=1S/C18H21NO5S2/c19-26(21,22)15-8-6-14(7-9-15)23-10-11-24-18(20)17-12-13-4-2-1-3-5-16(13)25-17/h6-9,12H,1-5,10-11H2,(H2,19,21,22). The molecule has 0 amide bonds. The average molecular weight is 396 g/mol. The molecule has 26 heavy (non-hydrogen) atoms. The lowest BCUT2D eigenvalue weighted by Gasteiger charge is -2.07. The lowest BCUT2D eigenvalue weighted by atomic mass is 10.1. The van der Waals surface area contributed by atoms with Crippen LogP contribution < -0.4 is 9.88 Å². The zero-order chi connectivity index (χ0) is 18.6. The number of sulfonamides is 1. The predicted molar refractivity (Wildman–Crippen MR) is 99.2 cm³/mol. The number of fused-ring (bicyclic) bond motifs is 1. The van der Waals surface area contributed by atoms with Crippen molar-refractivity contribution in [3.8, 4) is 5.75 Å². The first kappa shape index (κ1) is 18.9. The van der Waals surface area contributed by atoms with Gasteiger partial charge in [0.2, 0.25) is 10.0 Å². The molecule has 0 aliphatic heterocycles. The molecule has 2 N–H and O–H groups in total. The van der Waals surface area contributed by atoms with Crippen molar-refractivity contribution < 1.29 is 22.7 Å². The summed E-state index contributed by atoms with van der Waals surface area (Å²) >= 11 is 1.53. The van der Waals surface area contributed by atoms with Gasteiger partial charge in [-0.25, -0.2) is 18.4 Å². The predicted octanol–water partition coefficient (Wildman–Crippen LogP) is 2.90. The Labute approximate surface area is 157 Å². The maximum atomic E-state index is 12.2. The van der Waals surface area contributed by atoms with Crippen LogP contribution in [0.5, 0.6) is 5.75 Å². The number of hydrogen-bond acceptors (Lipinski definition) is 6. The summed E-state index contributed by atoms with van der Waals surface area (Å²) in [4.78, 5) is 14.1. The number of carbonyl (C=O) groups excluding carboxylic acids is 1. The van der Waals surface area contributed by atoms with Crippen LogP contribution >= 0.6 is 11.3 Å². The Balaban J connectivity index is 1.47. The van der Waals surface area contributed by atoms with E-state index in [4.69, 9.17) is 14.6 Å². The summed E-state index contributed by atoms with van der Waals surface area (Å²) in [7, 11) is -3.71. The van der Waals surface area contributed by atoms with Crippen molar-refractivity contribution >= 4 is 27.3 Å².